The van der Waals surface area contributed by atoms with E-state index in [1.165, 1.54) is 11.3 Å². The molecule has 2 N–H and O–H groups in total. The number of carbonyl (C=O) groups is 1. The van der Waals surface area contributed by atoms with Crippen LogP contribution in [0.15, 0.2) is 5.51 Å². The normalized spacial score (nSPS) is 12.3. The van der Waals surface area contributed by atoms with Crippen LogP contribution < -0.4 is 5.32 Å². The lowest BCUT2D eigenvalue weighted by atomic mass is 10.1. The lowest BCUT2D eigenvalue weighted by molar-refractivity contribution is -0.138. The minimum Gasteiger partial charge on any atom is -0.480 e. The van der Waals surface area contributed by atoms with Crippen LogP contribution in [0.5, 0.6) is 0 Å². The first kappa shape index (κ1) is 11.9. The highest BCUT2D eigenvalue weighted by Crippen LogP contribution is 2.12. The number of hydrogen-bond acceptors (Lipinski definition) is 6. The van der Waals surface area contributed by atoms with Crippen LogP contribution >= 0.6 is 11.3 Å². The standard InChI is InChI=1S/C8H13N3O3S/c1-14-4-2-3-6(7(12)13)10-8-11-9-5-15-8/h5-6H,2-4H2,1H3,(H,10,11)(H,12,13). The van der Waals surface area contributed by atoms with Gasteiger partial charge in [-0.05, 0) is 12.8 Å². The first-order chi connectivity index (χ1) is 7.24. The van der Waals surface area contributed by atoms with Crippen LogP contribution in [-0.2, 0) is 9.53 Å². The smallest absolute Gasteiger partial charge is 0.326 e. The molecule has 0 spiro atoms. The molecule has 7 heteroatoms. The monoisotopic (exact) mass is 231 g/mol. The molecule has 0 fully saturated rings. The van der Waals surface area contributed by atoms with Crippen molar-refractivity contribution >= 4 is 22.4 Å². The van der Waals surface area contributed by atoms with Crippen LogP contribution in [0.25, 0.3) is 0 Å². The predicted octanol–water partition coefficient (Wildman–Crippen LogP) is 0.830. The summed E-state index contributed by atoms with van der Waals surface area (Å²) in [6, 6.07) is -0.631. The lowest BCUT2D eigenvalue weighted by Crippen LogP contribution is -2.29. The molecule has 1 aromatic heterocycles. The molecule has 0 amide bonds. The zero-order valence-electron chi connectivity index (χ0n) is 8.34. The van der Waals surface area contributed by atoms with E-state index in [1.807, 2.05) is 0 Å². The summed E-state index contributed by atoms with van der Waals surface area (Å²) in [4.78, 5) is 10.9. The Morgan fingerprint density at radius 2 is 2.60 bits per heavy atom. The third kappa shape index (κ3) is 4.22. The van der Waals surface area contributed by atoms with E-state index in [-0.39, 0.29) is 0 Å². The van der Waals surface area contributed by atoms with E-state index in [0.717, 1.165) is 0 Å². The van der Waals surface area contributed by atoms with Gasteiger partial charge in [-0.1, -0.05) is 11.3 Å². The molecule has 6 nitrogen and oxygen atoms in total. The quantitative estimate of drug-likeness (QED) is 0.676. The van der Waals surface area contributed by atoms with Gasteiger partial charge in [-0.25, -0.2) is 4.79 Å². The summed E-state index contributed by atoms with van der Waals surface area (Å²) in [5.41, 5.74) is 1.55. The van der Waals surface area contributed by atoms with Crippen LogP contribution in [-0.4, -0.2) is 41.0 Å². The first-order valence-corrected chi connectivity index (χ1v) is 5.36. The zero-order chi connectivity index (χ0) is 11.1. The maximum absolute atomic E-state index is 10.9. The Labute approximate surface area is 91.3 Å². The molecule has 1 unspecified atom stereocenters. The number of nitrogens with one attached hydrogen (secondary N) is 1. The van der Waals surface area contributed by atoms with Crippen molar-refractivity contribution in [1.29, 1.82) is 0 Å². The maximum atomic E-state index is 10.9. The molecule has 0 saturated heterocycles. The fourth-order valence-electron chi connectivity index (χ4n) is 1.07. The fraction of sp³-hybridized carbons (Fsp3) is 0.625. The SMILES string of the molecule is COCCCC(Nc1nncs1)C(=O)O. The molecule has 1 heterocycles. The highest BCUT2D eigenvalue weighted by molar-refractivity contribution is 7.13. The third-order valence-corrected chi connectivity index (χ3v) is 2.42. The van der Waals surface area contributed by atoms with Gasteiger partial charge in [-0.2, -0.15) is 0 Å². The van der Waals surface area contributed by atoms with Crippen molar-refractivity contribution in [2.24, 2.45) is 0 Å². The van der Waals surface area contributed by atoms with E-state index in [2.05, 4.69) is 15.5 Å². The van der Waals surface area contributed by atoms with Crippen molar-refractivity contribution in [3.8, 4) is 0 Å². The molecule has 0 aromatic carbocycles. The topological polar surface area (TPSA) is 84.3 Å². The number of carboxylic acid groups (broad SMARTS) is 1. The Morgan fingerprint density at radius 1 is 1.80 bits per heavy atom. The number of carboxylic acids is 1. The van der Waals surface area contributed by atoms with Crippen molar-refractivity contribution in [3.63, 3.8) is 0 Å². The second kappa shape index (κ2) is 6.31. The second-order valence-corrected chi connectivity index (χ2v) is 3.75. The average Bonchev–Trinajstić information content (AvgIpc) is 2.69. The van der Waals surface area contributed by atoms with Gasteiger partial charge < -0.3 is 15.2 Å². The van der Waals surface area contributed by atoms with E-state index < -0.39 is 12.0 Å². The number of anilines is 1. The van der Waals surface area contributed by atoms with E-state index in [9.17, 15) is 4.79 Å². The van der Waals surface area contributed by atoms with Gasteiger partial charge >= 0.3 is 5.97 Å². The van der Waals surface area contributed by atoms with E-state index >= 15 is 0 Å². The molecule has 0 aliphatic rings. The van der Waals surface area contributed by atoms with Crippen LogP contribution in [0, 0.1) is 0 Å². The Kier molecular flexibility index (Phi) is 4.99. The fourth-order valence-corrected chi connectivity index (χ4v) is 1.57. The highest BCUT2D eigenvalue weighted by Gasteiger charge is 2.17. The van der Waals surface area contributed by atoms with Crippen LogP contribution in [0.2, 0.25) is 0 Å². The summed E-state index contributed by atoms with van der Waals surface area (Å²) >= 11 is 1.28. The summed E-state index contributed by atoms with van der Waals surface area (Å²) in [7, 11) is 1.59. The van der Waals surface area contributed by atoms with Gasteiger partial charge in [0.1, 0.15) is 11.6 Å². The highest BCUT2D eigenvalue weighted by atomic mass is 32.1. The Hall–Kier alpha value is -1.21. The number of aliphatic carboxylic acids is 1. The molecule has 1 rings (SSSR count). The minimum absolute atomic E-state index is 0.503. The Bertz CT molecular complexity index is 291. The van der Waals surface area contributed by atoms with Gasteiger partial charge in [0, 0.05) is 13.7 Å². The van der Waals surface area contributed by atoms with Gasteiger partial charge in [-0.3, -0.25) is 0 Å². The Morgan fingerprint density at radius 3 is 3.13 bits per heavy atom. The number of nitrogens with zero attached hydrogens (tertiary/aromatic N) is 2. The summed E-state index contributed by atoms with van der Waals surface area (Å²) in [6.07, 6.45) is 1.20. The van der Waals surface area contributed by atoms with Crippen LogP contribution in [0.3, 0.4) is 0 Å². The number of methoxy groups -OCH3 is 1. The Balaban J connectivity index is 2.40. The molecular weight excluding hydrogens is 218 g/mol. The molecule has 0 aliphatic carbocycles. The molecule has 1 atom stereocenters. The van der Waals surface area contributed by atoms with Gasteiger partial charge in [0.25, 0.3) is 0 Å². The third-order valence-electron chi connectivity index (χ3n) is 1.80. The van der Waals surface area contributed by atoms with E-state index in [1.54, 1.807) is 12.6 Å². The van der Waals surface area contributed by atoms with E-state index in [4.69, 9.17) is 9.84 Å². The molecule has 15 heavy (non-hydrogen) atoms. The van der Waals surface area contributed by atoms with Crippen molar-refractivity contribution in [2.75, 3.05) is 19.0 Å². The first-order valence-electron chi connectivity index (χ1n) is 4.48. The van der Waals surface area contributed by atoms with E-state index in [0.29, 0.717) is 24.6 Å². The molecule has 0 radical (unpaired) electrons. The molecule has 0 aliphatic heterocycles. The van der Waals surface area contributed by atoms with Crippen molar-refractivity contribution in [1.82, 2.24) is 10.2 Å². The van der Waals surface area contributed by atoms with Gasteiger partial charge in [0.15, 0.2) is 0 Å². The van der Waals surface area contributed by atoms with Gasteiger partial charge in [-0.15, -0.1) is 10.2 Å². The number of aromatic nitrogens is 2. The average molecular weight is 231 g/mol. The summed E-state index contributed by atoms with van der Waals surface area (Å²) in [5, 5.41) is 19.6. The largest absolute Gasteiger partial charge is 0.480 e. The van der Waals surface area contributed by atoms with Gasteiger partial charge in [0.2, 0.25) is 5.13 Å². The molecule has 1 aromatic rings. The number of hydrogen-bond donors (Lipinski definition) is 2. The number of ether oxygens (including phenoxy) is 1. The molecular formula is C8H13N3O3S. The molecule has 84 valence electrons. The summed E-state index contributed by atoms with van der Waals surface area (Å²) in [5.74, 6) is -0.888. The minimum atomic E-state index is -0.888. The molecule has 0 saturated carbocycles. The lowest BCUT2D eigenvalue weighted by Gasteiger charge is -2.12. The maximum Gasteiger partial charge on any atom is 0.326 e. The van der Waals surface area contributed by atoms with Crippen molar-refractivity contribution in [3.05, 3.63) is 5.51 Å². The molecule has 0 bridgehead atoms. The second-order valence-electron chi connectivity index (χ2n) is 2.91. The van der Waals surface area contributed by atoms with Gasteiger partial charge in [0.05, 0.1) is 0 Å². The predicted molar refractivity (Wildman–Crippen MR) is 56.1 cm³/mol. The van der Waals surface area contributed by atoms with Crippen LogP contribution in [0.4, 0.5) is 5.13 Å². The number of rotatable bonds is 7. The van der Waals surface area contributed by atoms with Crippen molar-refractivity contribution in [2.45, 2.75) is 18.9 Å². The van der Waals surface area contributed by atoms with Crippen LogP contribution in [0.1, 0.15) is 12.8 Å². The zero-order valence-corrected chi connectivity index (χ0v) is 9.16. The summed E-state index contributed by atoms with van der Waals surface area (Å²) in [6.45, 7) is 0.557. The van der Waals surface area contributed by atoms with Crippen molar-refractivity contribution < 1.29 is 14.6 Å². The summed E-state index contributed by atoms with van der Waals surface area (Å²) < 4.78 is 4.86.